The normalized spacial score (nSPS) is 10.4. The van der Waals surface area contributed by atoms with E-state index in [1.807, 2.05) is 31.2 Å². The first-order chi connectivity index (χ1) is 6.68. The standard InChI is InChI=1S/C10H11N3O/c1-6-2-4-7(5-3-6)8-9(11)12-13-10(8)14/h2-5H,1H3,(H4,11,12,13,14). The minimum atomic E-state index is -0.189. The number of nitrogens with one attached hydrogen (secondary N) is 2. The molecule has 0 aliphatic carbocycles. The van der Waals surface area contributed by atoms with Gasteiger partial charge >= 0.3 is 0 Å². The van der Waals surface area contributed by atoms with Gasteiger partial charge in [-0.05, 0) is 12.5 Å². The number of nitrogen functional groups attached to an aromatic ring is 1. The average Bonchev–Trinajstić information content (AvgIpc) is 2.49. The van der Waals surface area contributed by atoms with Gasteiger partial charge in [0.15, 0.2) is 0 Å². The fourth-order valence-electron chi connectivity index (χ4n) is 1.38. The Hall–Kier alpha value is -1.97. The molecule has 0 radical (unpaired) electrons. The van der Waals surface area contributed by atoms with Gasteiger partial charge in [-0.2, -0.15) is 0 Å². The van der Waals surface area contributed by atoms with Gasteiger partial charge < -0.3 is 5.73 Å². The number of hydrogen-bond acceptors (Lipinski definition) is 2. The van der Waals surface area contributed by atoms with Gasteiger partial charge in [-0.3, -0.25) is 15.0 Å². The zero-order chi connectivity index (χ0) is 10.1. The monoisotopic (exact) mass is 189 g/mol. The number of aromatic amines is 2. The third-order valence-electron chi connectivity index (χ3n) is 2.15. The lowest BCUT2D eigenvalue weighted by Gasteiger charge is -1.98. The van der Waals surface area contributed by atoms with Gasteiger partial charge in [-0.25, -0.2) is 0 Å². The molecule has 2 aromatic rings. The molecule has 4 N–H and O–H groups in total. The minimum Gasteiger partial charge on any atom is -0.383 e. The summed E-state index contributed by atoms with van der Waals surface area (Å²) < 4.78 is 0. The molecule has 0 aliphatic heterocycles. The van der Waals surface area contributed by atoms with E-state index in [2.05, 4.69) is 10.2 Å². The fraction of sp³-hybridized carbons (Fsp3) is 0.100. The molecular formula is C10H11N3O. The van der Waals surface area contributed by atoms with Gasteiger partial charge in [0.25, 0.3) is 5.56 Å². The molecule has 0 fully saturated rings. The second-order valence-electron chi connectivity index (χ2n) is 3.23. The zero-order valence-corrected chi connectivity index (χ0v) is 7.79. The Morgan fingerprint density at radius 3 is 2.29 bits per heavy atom. The molecule has 0 aliphatic rings. The number of rotatable bonds is 1. The highest BCUT2D eigenvalue weighted by Gasteiger charge is 2.08. The van der Waals surface area contributed by atoms with Crippen LogP contribution in [-0.2, 0) is 0 Å². The van der Waals surface area contributed by atoms with Crippen LogP contribution < -0.4 is 11.3 Å². The van der Waals surface area contributed by atoms with Crippen molar-refractivity contribution in [2.75, 3.05) is 5.73 Å². The van der Waals surface area contributed by atoms with Gasteiger partial charge in [-0.15, -0.1) is 0 Å². The maximum absolute atomic E-state index is 11.4. The smallest absolute Gasteiger partial charge is 0.273 e. The molecular weight excluding hydrogens is 178 g/mol. The number of aromatic nitrogens is 2. The predicted octanol–water partition coefficient (Wildman–Crippen LogP) is 1.26. The van der Waals surface area contributed by atoms with Crippen molar-refractivity contribution in [3.63, 3.8) is 0 Å². The van der Waals surface area contributed by atoms with E-state index in [4.69, 9.17) is 5.73 Å². The zero-order valence-electron chi connectivity index (χ0n) is 7.79. The summed E-state index contributed by atoms with van der Waals surface area (Å²) >= 11 is 0. The predicted molar refractivity (Wildman–Crippen MR) is 56.0 cm³/mol. The Bertz CT molecular complexity index is 493. The Kier molecular flexibility index (Phi) is 1.89. The molecule has 4 nitrogen and oxygen atoms in total. The third-order valence-corrected chi connectivity index (χ3v) is 2.15. The van der Waals surface area contributed by atoms with Gasteiger partial charge in [0.05, 0.1) is 5.56 Å². The van der Waals surface area contributed by atoms with Crippen LogP contribution in [0.1, 0.15) is 5.56 Å². The molecule has 0 bridgehead atoms. The van der Waals surface area contributed by atoms with Crippen LogP contribution in [0.25, 0.3) is 11.1 Å². The highest BCUT2D eigenvalue weighted by Crippen LogP contribution is 2.19. The molecule has 0 unspecified atom stereocenters. The first-order valence-electron chi connectivity index (χ1n) is 4.31. The maximum atomic E-state index is 11.4. The van der Waals surface area contributed by atoms with E-state index in [0.717, 1.165) is 11.1 Å². The van der Waals surface area contributed by atoms with Gasteiger partial charge in [0, 0.05) is 0 Å². The largest absolute Gasteiger partial charge is 0.383 e. The summed E-state index contributed by atoms with van der Waals surface area (Å²) in [4.78, 5) is 11.4. The lowest BCUT2D eigenvalue weighted by atomic mass is 10.1. The fourth-order valence-corrected chi connectivity index (χ4v) is 1.38. The molecule has 2 rings (SSSR count). The maximum Gasteiger partial charge on any atom is 0.273 e. The Morgan fingerprint density at radius 1 is 1.14 bits per heavy atom. The van der Waals surface area contributed by atoms with Crippen LogP contribution in [0.4, 0.5) is 5.82 Å². The highest BCUT2D eigenvalue weighted by atomic mass is 16.1. The number of anilines is 1. The van der Waals surface area contributed by atoms with Crippen LogP contribution in [-0.4, -0.2) is 10.2 Å². The van der Waals surface area contributed by atoms with Crippen LogP contribution in [0, 0.1) is 6.92 Å². The van der Waals surface area contributed by atoms with Crippen molar-refractivity contribution in [2.45, 2.75) is 6.92 Å². The first kappa shape index (κ1) is 8.62. The molecule has 1 aromatic heterocycles. The van der Waals surface area contributed by atoms with Crippen LogP contribution in [0.3, 0.4) is 0 Å². The van der Waals surface area contributed by atoms with Crippen LogP contribution >= 0.6 is 0 Å². The Labute approximate surface area is 80.8 Å². The molecule has 0 saturated heterocycles. The molecule has 1 aromatic carbocycles. The third kappa shape index (κ3) is 1.31. The summed E-state index contributed by atoms with van der Waals surface area (Å²) in [6, 6.07) is 7.65. The molecule has 0 saturated carbocycles. The van der Waals surface area contributed by atoms with Crippen LogP contribution in [0.15, 0.2) is 29.1 Å². The van der Waals surface area contributed by atoms with Crippen molar-refractivity contribution in [3.05, 3.63) is 40.2 Å². The van der Waals surface area contributed by atoms with Crippen molar-refractivity contribution in [2.24, 2.45) is 0 Å². The average molecular weight is 189 g/mol. The van der Waals surface area contributed by atoms with Gasteiger partial charge in [0.2, 0.25) is 0 Å². The van der Waals surface area contributed by atoms with E-state index in [1.54, 1.807) is 0 Å². The van der Waals surface area contributed by atoms with Crippen LogP contribution in [0.5, 0.6) is 0 Å². The number of aryl methyl sites for hydroxylation is 1. The van der Waals surface area contributed by atoms with Crippen LogP contribution in [0.2, 0.25) is 0 Å². The molecule has 14 heavy (non-hydrogen) atoms. The number of nitrogens with two attached hydrogens (primary N) is 1. The summed E-state index contributed by atoms with van der Waals surface area (Å²) in [5, 5.41) is 5.03. The Morgan fingerprint density at radius 2 is 1.79 bits per heavy atom. The summed E-state index contributed by atoms with van der Waals surface area (Å²) in [5.74, 6) is 0.374. The van der Waals surface area contributed by atoms with Crippen molar-refractivity contribution in [1.82, 2.24) is 10.2 Å². The topological polar surface area (TPSA) is 74.7 Å². The second-order valence-corrected chi connectivity index (χ2v) is 3.23. The summed E-state index contributed by atoms with van der Waals surface area (Å²) in [6.45, 7) is 1.99. The second kappa shape index (κ2) is 3.06. The molecule has 72 valence electrons. The van der Waals surface area contributed by atoms with Crippen molar-refractivity contribution in [1.29, 1.82) is 0 Å². The quantitative estimate of drug-likeness (QED) is 0.631. The molecule has 1 heterocycles. The van der Waals surface area contributed by atoms with Crippen molar-refractivity contribution >= 4 is 5.82 Å². The lowest BCUT2D eigenvalue weighted by molar-refractivity contribution is 1.06. The lowest BCUT2D eigenvalue weighted by Crippen LogP contribution is -2.02. The number of hydrogen-bond donors (Lipinski definition) is 3. The van der Waals surface area contributed by atoms with E-state index in [-0.39, 0.29) is 5.56 Å². The molecule has 0 amide bonds. The molecule has 4 heteroatoms. The highest BCUT2D eigenvalue weighted by molar-refractivity contribution is 5.72. The SMILES string of the molecule is Cc1ccc(-c2c(N)[nH][nH]c2=O)cc1. The van der Waals surface area contributed by atoms with Crippen molar-refractivity contribution < 1.29 is 0 Å². The first-order valence-corrected chi connectivity index (χ1v) is 4.31. The van der Waals surface area contributed by atoms with E-state index >= 15 is 0 Å². The van der Waals surface area contributed by atoms with Gasteiger partial charge in [-0.1, -0.05) is 29.8 Å². The number of benzene rings is 1. The van der Waals surface area contributed by atoms with E-state index < -0.39 is 0 Å². The molecule has 0 spiro atoms. The molecule has 0 atom stereocenters. The van der Waals surface area contributed by atoms with E-state index in [9.17, 15) is 4.79 Å². The summed E-state index contributed by atoms with van der Waals surface area (Å²) in [6.07, 6.45) is 0. The summed E-state index contributed by atoms with van der Waals surface area (Å²) in [7, 11) is 0. The van der Waals surface area contributed by atoms with E-state index in [0.29, 0.717) is 11.4 Å². The number of H-pyrrole nitrogens is 2. The Balaban J connectivity index is 2.60. The van der Waals surface area contributed by atoms with E-state index in [1.165, 1.54) is 0 Å². The minimum absolute atomic E-state index is 0.189. The van der Waals surface area contributed by atoms with Gasteiger partial charge in [0.1, 0.15) is 5.82 Å². The summed E-state index contributed by atoms with van der Waals surface area (Å²) in [5.41, 5.74) is 7.92. The van der Waals surface area contributed by atoms with Crippen molar-refractivity contribution in [3.8, 4) is 11.1 Å².